The van der Waals surface area contributed by atoms with Gasteiger partial charge in [-0.1, -0.05) is 11.6 Å². The van der Waals surface area contributed by atoms with Gasteiger partial charge < -0.3 is 5.11 Å². The summed E-state index contributed by atoms with van der Waals surface area (Å²) in [5.41, 5.74) is 3.62. The first-order chi connectivity index (χ1) is 14.5. The highest BCUT2D eigenvalue weighted by Crippen LogP contribution is 2.26. The standard InChI is InChI=1S/C23H15ClFN3O2/c24-18-4-9-21(10-5-18)28-14-17(22(27-28)15-1-6-19(25)7-2-15)3-8-20-13-16(23(29)30)11-12-26-20/h1-14H,(H,29,30). The van der Waals surface area contributed by atoms with Crippen LogP contribution in [0.3, 0.4) is 0 Å². The third kappa shape index (κ3) is 4.29. The molecule has 0 unspecified atom stereocenters. The minimum Gasteiger partial charge on any atom is -0.478 e. The highest BCUT2D eigenvalue weighted by Gasteiger charge is 2.11. The average Bonchev–Trinajstić information content (AvgIpc) is 3.18. The third-order valence-corrected chi connectivity index (χ3v) is 4.67. The van der Waals surface area contributed by atoms with E-state index in [0.717, 1.165) is 16.8 Å². The van der Waals surface area contributed by atoms with Gasteiger partial charge in [0, 0.05) is 28.5 Å². The molecule has 5 nitrogen and oxygen atoms in total. The van der Waals surface area contributed by atoms with Crippen LogP contribution in [-0.2, 0) is 0 Å². The Morgan fingerprint density at radius 2 is 1.77 bits per heavy atom. The zero-order valence-corrected chi connectivity index (χ0v) is 16.3. The summed E-state index contributed by atoms with van der Waals surface area (Å²) in [6, 6.07) is 16.2. The van der Waals surface area contributed by atoms with E-state index in [1.165, 1.54) is 30.5 Å². The van der Waals surface area contributed by atoms with E-state index in [9.17, 15) is 9.18 Å². The summed E-state index contributed by atoms with van der Waals surface area (Å²) >= 11 is 5.97. The minimum atomic E-state index is -1.02. The Bertz CT molecular complexity index is 1230. The van der Waals surface area contributed by atoms with Crippen molar-refractivity contribution in [3.63, 3.8) is 0 Å². The van der Waals surface area contributed by atoms with Crippen LogP contribution in [0.1, 0.15) is 21.6 Å². The van der Waals surface area contributed by atoms with Crippen molar-refractivity contribution in [3.05, 3.63) is 101 Å². The summed E-state index contributed by atoms with van der Waals surface area (Å²) in [5.74, 6) is -1.35. The first kappa shape index (κ1) is 19.5. The lowest BCUT2D eigenvalue weighted by Gasteiger charge is -2.01. The molecule has 4 rings (SSSR count). The second-order valence-corrected chi connectivity index (χ2v) is 6.91. The van der Waals surface area contributed by atoms with Gasteiger partial charge in [0.1, 0.15) is 5.82 Å². The quantitative estimate of drug-likeness (QED) is 0.457. The molecule has 2 aromatic carbocycles. The summed E-state index contributed by atoms with van der Waals surface area (Å²) in [6.45, 7) is 0. The number of aromatic nitrogens is 3. The molecule has 2 heterocycles. The Morgan fingerprint density at radius 3 is 2.47 bits per heavy atom. The number of carboxylic acid groups (broad SMARTS) is 1. The number of benzene rings is 2. The molecule has 0 saturated carbocycles. The highest BCUT2D eigenvalue weighted by molar-refractivity contribution is 6.30. The van der Waals surface area contributed by atoms with Gasteiger partial charge in [-0.3, -0.25) is 4.98 Å². The Kier molecular flexibility index (Phi) is 5.41. The summed E-state index contributed by atoms with van der Waals surface area (Å²) in [7, 11) is 0. The number of halogens is 2. The van der Waals surface area contributed by atoms with E-state index in [-0.39, 0.29) is 11.4 Å². The van der Waals surface area contributed by atoms with Crippen LogP contribution in [0, 0.1) is 5.82 Å². The summed E-state index contributed by atoms with van der Waals surface area (Å²) in [6.07, 6.45) is 6.79. The molecule has 0 spiro atoms. The Balaban J connectivity index is 1.76. The number of pyridine rings is 1. The molecule has 0 amide bonds. The molecule has 0 fully saturated rings. The lowest BCUT2D eigenvalue weighted by atomic mass is 10.1. The summed E-state index contributed by atoms with van der Waals surface area (Å²) < 4.78 is 15.1. The average molecular weight is 420 g/mol. The number of nitrogens with zero attached hydrogens (tertiary/aromatic N) is 3. The molecule has 0 saturated heterocycles. The molecule has 2 aromatic heterocycles. The molecule has 4 aromatic rings. The molecule has 1 N–H and O–H groups in total. The van der Waals surface area contributed by atoms with Gasteiger partial charge in [0.05, 0.1) is 22.6 Å². The summed E-state index contributed by atoms with van der Waals surface area (Å²) in [4.78, 5) is 15.4. The third-order valence-electron chi connectivity index (χ3n) is 4.41. The lowest BCUT2D eigenvalue weighted by molar-refractivity contribution is 0.0696. The van der Waals surface area contributed by atoms with Crippen LogP contribution in [0.4, 0.5) is 4.39 Å². The Labute approximate surface area is 176 Å². The van der Waals surface area contributed by atoms with Crippen molar-refractivity contribution < 1.29 is 14.3 Å². The molecule has 148 valence electrons. The molecule has 0 aliphatic rings. The van der Waals surface area contributed by atoms with E-state index < -0.39 is 5.97 Å². The van der Waals surface area contributed by atoms with E-state index in [1.807, 2.05) is 18.3 Å². The maximum Gasteiger partial charge on any atom is 0.335 e. The van der Waals surface area contributed by atoms with E-state index in [1.54, 1.807) is 41.1 Å². The van der Waals surface area contributed by atoms with Crippen LogP contribution in [0.15, 0.2) is 73.1 Å². The van der Waals surface area contributed by atoms with Gasteiger partial charge in [0.25, 0.3) is 0 Å². The van der Waals surface area contributed by atoms with Gasteiger partial charge in [-0.15, -0.1) is 0 Å². The van der Waals surface area contributed by atoms with Crippen molar-refractivity contribution in [3.8, 4) is 16.9 Å². The van der Waals surface area contributed by atoms with E-state index in [0.29, 0.717) is 16.4 Å². The lowest BCUT2D eigenvalue weighted by Crippen LogP contribution is -1.96. The van der Waals surface area contributed by atoms with Crippen LogP contribution in [-0.4, -0.2) is 25.8 Å². The van der Waals surface area contributed by atoms with Crippen LogP contribution >= 0.6 is 11.6 Å². The minimum absolute atomic E-state index is 0.153. The highest BCUT2D eigenvalue weighted by atomic mass is 35.5. The van der Waals surface area contributed by atoms with E-state index in [2.05, 4.69) is 10.1 Å². The van der Waals surface area contributed by atoms with Crippen LogP contribution in [0.25, 0.3) is 29.1 Å². The van der Waals surface area contributed by atoms with Crippen LogP contribution in [0.5, 0.6) is 0 Å². The maximum absolute atomic E-state index is 13.4. The number of aromatic carboxylic acids is 1. The number of rotatable bonds is 5. The number of hydrogen-bond donors (Lipinski definition) is 1. The molecule has 30 heavy (non-hydrogen) atoms. The predicted octanol–water partition coefficient (Wildman–Crippen LogP) is 5.60. The molecular formula is C23H15ClFN3O2. The van der Waals surface area contributed by atoms with Gasteiger partial charge in [-0.05, 0) is 72.8 Å². The van der Waals surface area contributed by atoms with E-state index >= 15 is 0 Å². The number of carbonyl (C=O) groups is 1. The fourth-order valence-corrected chi connectivity index (χ4v) is 3.04. The molecule has 7 heteroatoms. The van der Waals surface area contributed by atoms with Crippen LogP contribution < -0.4 is 0 Å². The van der Waals surface area contributed by atoms with Gasteiger partial charge in [-0.2, -0.15) is 5.10 Å². The molecule has 0 aliphatic heterocycles. The molecule has 0 atom stereocenters. The number of carboxylic acids is 1. The monoisotopic (exact) mass is 419 g/mol. The summed E-state index contributed by atoms with van der Waals surface area (Å²) in [5, 5.41) is 14.4. The van der Waals surface area contributed by atoms with Crippen LogP contribution in [0.2, 0.25) is 5.02 Å². The second kappa shape index (κ2) is 8.31. The zero-order valence-electron chi connectivity index (χ0n) is 15.5. The van der Waals surface area contributed by atoms with Crippen molar-refractivity contribution in [2.75, 3.05) is 0 Å². The second-order valence-electron chi connectivity index (χ2n) is 6.47. The SMILES string of the molecule is O=C(O)c1ccnc(C=Cc2cn(-c3ccc(Cl)cc3)nc2-c2ccc(F)cc2)c1. The first-order valence-electron chi connectivity index (χ1n) is 8.98. The maximum atomic E-state index is 13.4. The topological polar surface area (TPSA) is 68.0 Å². The smallest absolute Gasteiger partial charge is 0.335 e. The Morgan fingerprint density at radius 1 is 1.03 bits per heavy atom. The molecule has 0 bridgehead atoms. The van der Waals surface area contributed by atoms with Crippen molar-refractivity contribution in [2.24, 2.45) is 0 Å². The van der Waals surface area contributed by atoms with Gasteiger partial charge >= 0.3 is 5.97 Å². The van der Waals surface area contributed by atoms with Gasteiger partial charge in [-0.25, -0.2) is 13.9 Å². The predicted molar refractivity (Wildman–Crippen MR) is 114 cm³/mol. The van der Waals surface area contributed by atoms with Crippen molar-refractivity contribution in [1.29, 1.82) is 0 Å². The molecule has 0 aliphatic carbocycles. The van der Waals surface area contributed by atoms with Gasteiger partial charge in [0.2, 0.25) is 0 Å². The fourth-order valence-electron chi connectivity index (χ4n) is 2.92. The largest absolute Gasteiger partial charge is 0.478 e. The normalized spacial score (nSPS) is 11.1. The fraction of sp³-hybridized carbons (Fsp3) is 0. The number of hydrogen-bond acceptors (Lipinski definition) is 3. The van der Waals surface area contributed by atoms with Crippen molar-refractivity contribution in [2.45, 2.75) is 0 Å². The molecular weight excluding hydrogens is 405 g/mol. The molecule has 0 radical (unpaired) electrons. The first-order valence-corrected chi connectivity index (χ1v) is 9.36. The Hall–Kier alpha value is -3.77. The van der Waals surface area contributed by atoms with Crippen molar-refractivity contribution >= 4 is 29.7 Å². The zero-order chi connectivity index (χ0) is 21.1. The van der Waals surface area contributed by atoms with Gasteiger partial charge in [0.15, 0.2) is 0 Å². The van der Waals surface area contributed by atoms with E-state index in [4.69, 9.17) is 16.7 Å². The van der Waals surface area contributed by atoms with Crippen molar-refractivity contribution in [1.82, 2.24) is 14.8 Å².